The Labute approximate surface area is 112 Å². The summed E-state index contributed by atoms with van der Waals surface area (Å²) in [5.74, 6) is 0. The average molecular weight is 246 g/mol. The molecule has 0 rings (SSSR count). The van der Waals surface area contributed by atoms with E-state index in [0.717, 1.165) is 11.1 Å². The van der Waals surface area contributed by atoms with Gasteiger partial charge in [-0.1, -0.05) is 75.6 Å². The lowest BCUT2D eigenvalue weighted by Crippen LogP contribution is -2.10. The molecule has 0 aliphatic rings. The van der Waals surface area contributed by atoms with Gasteiger partial charge in [-0.3, -0.25) is 0 Å². The van der Waals surface area contributed by atoms with E-state index in [-0.39, 0.29) is 0 Å². The summed E-state index contributed by atoms with van der Waals surface area (Å²) in [6, 6.07) is 0. The van der Waals surface area contributed by atoms with Gasteiger partial charge in [-0.05, 0) is 25.0 Å². The highest BCUT2D eigenvalue weighted by atomic mass is 16.3. The molecule has 0 fully saturated rings. The standard InChI is InChI=1S/C15H20O.C2H6/c1-5-9-11-13(7-3)15(16)14(8-4)12-10-6-2;1-2/h5-12,15-16H,3-4H2,1-2H3;1-2H3/b9-5-,10-6-,13-11+,14-12+;. The molecule has 0 bridgehead atoms. The number of rotatable bonds is 6. The van der Waals surface area contributed by atoms with Crippen LogP contribution in [0.3, 0.4) is 0 Å². The van der Waals surface area contributed by atoms with Crippen LogP contribution in [0, 0.1) is 0 Å². The predicted octanol–water partition coefficient (Wildman–Crippen LogP) is 4.75. The molecule has 0 aromatic rings. The highest BCUT2D eigenvalue weighted by molar-refractivity contribution is 5.38. The quantitative estimate of drug-likeness (QED) is 0.670. The van der Waals surface area contributed by atoms with E-state index in [1.54, 1.807) is 12.2 Å². The van der Waals surface area contributed by atoms with Gasteiger partial charge >= 0.3 is 0 Å². The SMILES string of the molecule is C=C/C(=C\C=C/C)C(O)/C(C=C)=C/C=C\C.CC. The van der Waals surface area contributed by atoms with Crippen LogP contribution in [0.15, 0.2) is 72.9 Å². The maximum absolute atomic E-state index is 10.1. The Bertz CT molecular complexity index is 307. The molecule has 1 N–H and O–H groups in total. The van der Waals surface area contributed by atoms with Gasteiger partial charge in [0.15, 0.2) is 0 Å². The molecular formula is C17H26O. The summed E-state index contributed by atoms with van der Waals surface area (Å²) in [5.41, 5.74) is 1.52. The average Bonchev–Trinajstić information content (AvgIpc) is 2.42. The molecule has 0 amide bonds. The molecule has 0 aliphatic heterocycles. The van der Waals surface area contributed by atoms with Crippen LogP contribution in [0.5, 0.6) is 0 Å². The van der Waals surface area contributed by atoms with E-state index in [0.29, 0.717) is 0 Å². The van der Waals surface area contributed by atoms with E-state index in [1.807, 2.05) is 64.2 Å². The van der Waals surface area contributed by atoms with Crippen LogP contribution in [-0.4, -0.2) is 11.2 Å². The predicted molar refractivity (Wildman–Crippen MR) is 83.5 cm³/mol. The lowest BCUT2D eigenvalue weighted by molar-refractivity contribution is 0.254. The van der Waals surface area contributed by atoms with Crippen LogP contribution in [0.2, 0.25) is 0 Å². The number of hydrogen-bond donors (Lipinski definition) is 1. The first-order valence-electron chi connectivity index (χ1n) is 6.29. The second-order valence-electron chi connectivity index (χ2n) is 3.20. The Morgan fingerprint density at radius 3 is 1.44 bits per heavy atom. The summed E-state index contributed by atoms with van der Waals surface area (Å²) < 4.78 is 0. The van der Waals surface area contributed by atoms with Crippen molar-refractivity contribution in [2.45, 2.75) is 33.8 Å². The largest absolute Gasteiger partial charge is 0.384 e. The zero-order valence-electron chi connectivity index (χ0n) is 12.1. The van der Waals surface area contributed by atoms with Crippen molar-refractivity contribution in [1.82, 2.24) is 0 Å². The molecule has 0 saturated carbocycles. The van der Waals surface area contributed by atoms with E-state index in [4.69, 9.17) is 0 Å². The Morgan fingerprint density at radius 2 is 1.22 bits per heavy atom. The number of allylic oxidation sites excluding steroid dienone is 6. The van der Waals surface area contributed by atoms with Crippen LogP contribution in [0.1, 0.15) is 27.7 Å². The van der Waals surface area contributed by atoms with Gasteiger partial charge < -0.3 is 5.11 Å². The van der Waals surface area contributed by atoms with Crippen LogP contribution >= 0.6 is 0 Å². The van der Waals surface area contributed by atoms with E-state index < -0.39 is 6.10 Å². The lowest BCUT2D eigenvalue weighted by Gasteiger charge is -2.12. The second kappa shape index (κ2) is 13.5. The molecule has 0 saturated heterocycles. The fourth-order valence-corrected chi connectivity index (χ4v) is 1.15. The monoisotopic (exact) mass is 246 g/mol. The minimum Gasteiger partial charge on any atom is -0.384 e. The Hall–Kier alpha value is -1.60. The van der Waals surface area contributed by atoms with Crippen molar-refractivity contribution in [3.05, 3.63) is 72.9 Å². The van der Waals surface area contributed by atoms with Crippen molar-refractivity contribution in [3.63, 3.8) is 0 Å². The molecule has 1 nitrogen and oxygen atoms in total. The Kier molecular flexibility index (Phi) is 14.0. The molecule has 0 aliphatic carbocycles. The van der Waals surface area contributed by atoms with Gasteiger partial charge in [-0.25, -0.2) is 0 Å². The van der Waals surface area contributed by atoms with Crippen molar-refractivity contribution >= 4 is 0 Å². The van der Waals surface area contributed by atoms with Gasteiger partial charge in [0.1, 0.15) is 6.10 Å². The van der Waals surface area contributed by atoms with E-state index in [1.165, 1.54) is 0 Å². The molecule has 0 aromatic heterocycles. The van der Waals surface area contributed by atoms with Gasteiger partial charge in [0.2, 0.25) is 0 Å². The summed E-state index contributed by atoms with van der Waals surface area (Å²) >= 11 is 0. The summed E-state index contributed by atoms with van der Waals surface area (Å²) in [6.45, 7) is 15.2. The van der Waals surface area contributed by atoms with Gasteiger partial charge in [0.25, 0.3) is 0 Å². The molecular weight excluding hydrogens is 220 g/mol. The first-order chi connectivity index (χ1) is 8.71. The van der Waals surface area contributed by atoms with Gasteiger partial charge in [0, 0.05) is 0 Å². The number of aliphatic hydroxyl groups excluding tert-OH is 1. The zero-order valence-corrected chi connectivity index (χ0v) is 12.1. The lowest BCUT2D eigenvalue weighted by atomic mass is 10.0. The van der Waals surface area contributed by atoms with Crippen LogP contribution in [0.4, 0.5) is 0 Å². The van der Waals surface area contributed by atoms with Crippen molar-refractivity contribution < 1.29 is 5.11 Å². The zero-order chi connectivity index (χ0) is 14.4. The molecule has 18 heavy (non-hydrogen) atoms. The highest BCUT2D eigenvalue weighted by Gasteiger charge is 2.09. The molecule has 1 heteroatoms. The van der Waals surface area contributed by atoms with Crippen LogP contribution < -0.4 is 0 Å². The Balaban J connectivity index is 0. The van der Waals surface area contributed by atoms with Crippen LogP contribution in [0.25, 0.3) is 0 Å². The second-order valence-corrected chi connectivity index (χ2v) is 3.20. The topological polar surface area (TPSA) is 20.2 Å². The fourth-order valence-electron chi connectivity index (χ4n) is 1.15. The van der Waals surface area contributed by atoms with Crippen molar-refractivity contribution in [3.8, 4) is 0 Å². The van der Waals surface area contributed by atoms with E-state index >= 15 is 0 Å². The smallest absolute Gasteiger partial charge is 0.104 e. The molecule has 0 radical (unpaired) electrons. The normalized spacial score (nSPS) is 14.3. The molecule has 0 spiro atoms. The molecule has 0 unspecified atom stereocenters. The molecule has 0 aromatic carbocycles. The molecule has 100 valence electrons. The summed E-state index contributed by atoms with van der Waals surface area (Å²) in [6.07, 6.45) is 13.8. The van der Waals surface area contributed by atoms with Gasteiger partial charge in [-0.15, -0.1) is 0 Å². The first-order valence-corrected chi connectivity index (χ1v) is 6.29. The van der Waals surface area contributed by atoms with Crippen molar-refractivity contribution in [1.29, 1.82) is 0 Å². The molecule has 0 heterocycles. The fraction of sp³-hybridized carbons (Fsp3) is 0.294. The number of hydrogen-bond acceptors (Lipinski definition) is 1. The van der Waals surface area contributed by atoms with E-state index in [9.17, 15) is 5.11 Å². The maximum atomic E-state index is 10.1. The Morgan fingerprint density at radius 1 is 0.889 bits per heavy atom. The summed E-state index contributed by atoms with van der Waals surface area (Å²) in [5, 5.41) is 10.1. The third kappa shape index (κ3) is 7.64. The first kappa shape index (κ1) is 18.8. The summed E-state index contributed by atoms with van der Waals surface area (Å²) in [7, 11) is 0. The minimum atomic E-state index is -0.678. The minimum absolute atomic E-state index is 0.678. The van der Waals surface area contributed by atoms with E-state index in [2.05, 4.69) is 13.2 Å². The highest BCUT2D eigenvalue weighted by Crippen LogP contribution is 2.14. The third-order valence-corrected chi connectivity index (χ3v) is 2.07. The van der Waals surface area contributed by atoms with Gasteiger partial charge in [0.05, 0.1) is 0 Å². The third-order valence-electron chi connectivity index (χ3n) is 2.07. The van der Waals surface area contributed by atoms with Crippen molar-refractivity contribution in [2.24, 2.45) is 0 Å². The number of aliphatic hydroxyl groups is 1. The summed E-state index contributed by atoms with van der Waals surface area (Å²) in [4.78, 5) is 0. The van der Waals surface area contributed by atoms with Gasteiger partial charge in [-0.2, -0.15) is 0 Å². The maximum Gasteiger partial charge on any atom is 0.104 e. The van der Waals surface area contributed by atoms with Crippen LogP contribution in [-0.2, 0) is 0 Å². The molecule has 0 atom stereocenters. The van der Waals surface area contributed by atoms with Crippen molar-refractivity contribution in [2.75, 3.05) is 0 Å².